The van der Waals surface area contributed by atoms with Crippen LogP contribution in [-0.2, 0) is 7.05 Å². The van der Waals surface area contributed by atoms with E-state index in [0.29, 0.717) is 22.9 Å². The number of carbonyl (C=O) groups excluding carboxylic acids is 1. The lowest BCUT2D eigenvalue weighted by atomic mass is 10.1. The molecule has 4 aromatic rings. The van der Waals surface area contributed by atoms with Gasteiger partial charge in [0.15, 0.2) is 0 Å². The van der Waals surface area contributed by atoms with Gasteiger partial charge in [-0.25, -0.2) is 9.97 Å². The molecule has 0 fully saturated rings. The van der Waals surface area contributed by atoms with Crippen molar-refractivity contribution in [2.24, 2.45) is 7.05 Å². The normalized spacial score (nSPS) is 10.8. The summed E-state index contributed by atoms with van der Waals surface area (Å²) in [5.74, 6) is 0.655. The minimum absolute atomic E-state index is 0.278. The Hall–Kier alpha value is -3.68. The minimum atomic E-state index is -0.278. The van der Waals surface area contributed by atoms with E-state index < -0.39 is 0 Å². The Labute approximate surface area is 149 Å². The van der Waals surface area contributed by atoms with E-state index >= 15 is 0 Å². The number of ether oxygens (including phenoxy) is 1. The van der Waals surface area contributed by atoms with Crippen LogP contribution in [0.2, 0.25) is 0 Å². The van der Waals surface area contributed by atoms with Gasteiger partial charge in [-0.05, 0) is 18.2 Å². The molecule has 4 rings (SSSR count). The molecule has 3 heterocycles. The van der Waals surface area contributed by atoms with Crippen molar-refractivity contribution in [1.82, 2.24) is 24.1 Å². The highest BCUT2D eigenvalue weighted by molar-refractivity contribution is 6.05. The number of hydrogen-bond acceptors (Lipinski definition) is 5. The summed E-state index contributed by atoms with van der Waals surface area (Å²) < 4.78 is 8.52. The second-order valence-corrected chi connectivity index (χ2v) is 5.71. The summed E-state index contributed by atoms with van der Waals surface area (Å²) in [5, 5.41) is 6.92. The highest BCUT2D eigenvalue weighted by Gasteiger charge is 2.16. The van der Waals surface area contributed by atoms with E-state index in [1.807, 2.05) is 47.1 Å². The summed E-state index contributed by atoms with van der Waals surface area (Å²) in [6, 6.07) is 9.31. The average molecular weight is 348 g/mol. The van der Waals surface area contributed by atoms with Gasteiger partial charge in [0.2, 0.25) is 11.7 Å². The van der Waals surface area contributed by atoms with Gasteiger partial charge >= 0.3 is 0 Å². The monoisotopic (exact) mass is 348 g/mol. The molecular formula is C18H16N6O2. The molecule has 130 valence electrons. The molecule has 3 aromatic heterocycles. The number of hydrogen-bond donors (Lipinski definition) is 1. The molecule has 26 heavy (non-hydrogen) atoms. The maximum Gasteiger partial charge on any atom is 0.262 e. The van der Waals surface area contributed by atoms with Crippen LogP contribution < -0.4 is 10.1 Å². The summed E-state index contributed by atoms with van der Waals surface area (Å²) in [4.78, 5) is 21.1. The number of anilines is 1. The molecule has 0 aliphatic carbocycles. The lowest BCUT2D eigenvalue weighted by Crippen LogP contribution is -2.12. The Morgan fingerprint density at radius 2 is 2.00 bits per heavy atom. The summed E-state index contributed by atoms with van der Waals surface area (Å²) in [5.41, 5.74) is 2.81. The first-order chi connectivity index (χ1) is 12.6. The first-order valence-corrected chi connectivity index (χ1v) is 7.93. The third-order valence-electron chi connectivity index (χ3n) is 3.91. The molecule has 0 spiro atoms. The average Bonchev–Trinajstić information content (AvgIpc) is 3.25. The quantitative estimate of drug-likeness (QED) is 0.612. The fourth-order valence-electron chi connectivity index (χ4n) is 2.67. The van der Waals surface area contributed by atoms with Crippen molar-refractivity contribution < 1.29 is 9.53 Å². The van der Waals surface area contributed by atoms with Gasteiger partial charge in [-0.1, -0.05) is 12.1 Å². The second-order valence-electron chi connectivity index (χ2n) is 5.71. The predicted molar refractivity (Wildman–Crippen MR) is 96.1 cm³/mol. The van der Waals surface area contributed by atoms with Crippen LogP contribution in [0, 0.1) is 0 Å². The van der Waals surface area contributed by atoms with Crippen molar-refractivity contribution in [3.63, 3.8) is 0 Å². The van der Waals surface area contributed by atoms with Crippen molar-refractivity contribution in [3.05, 3.63) is 60.7 Å². The van der Waals surface area contributed by atoms with Gasteiger partial charge in [0.1, 0.15) is 5.56 Å². The summed E-state index contributed by atoms with van der Waals surface area (Å²) in [6.07, 6.45) is 7.13. The third-order valence-corrected chi connectivity index (χ3v) is 3.91. The molecule has 0 atom stereocenters. The van der Waals surface area contributed by atoms with Gasteiger partial charge in [-0.15, -0.1) is 5.10 Å². The topological polar surface area (TPSA) is 86.3 Å². The maximum atomic E-state index is 12.4. The number of benzene rings is 1. The Kier molecular flexibility index (Phi) is 3.85. The van der Waals surface area contributed by atoms with Crippen LogP contribution in [0.15, 0.2) is 55.1 Å². The largest absolute Gasteiger partial charge is 0.479 e. The summed E-state index contributed by atoms with van der Waals surface area (Å²) in [6.45, 7) is 0. The van der Waals surface area contributed by atoms with Crippen LogP contribution in [0.5, 0.6) is 5.88 Å². The molecule has 1 N–H and O–H groups in total. The lowest BCUT2D eigenvalue weighted by molar-refractivity contribution is 0.102. The smallest absolute Gasteiger partial charge is 0.262 e. The van der Waals surface area contributed by atoms with Gasteiger partial charge in [-0.3, -0.25) is 13.9 Å². The molecule has 0 radical (unpaired) electrons. The number of aryl methyl sites for hydroxylation is 1. The van der Waals surface area contributed by atoms with Gasteiger partial charge in [-0.2, -0.15) is 0 Å². The van der Waals surface area contributed by atoms with Crippen LogP contribution in [0.4, 0.5) is 5.69 Å². The van der Waals surface area contributed by atoms with Gasteiger partial charge in [0.05, 0.1) is 12.8 Å². The Balaban J connectivity index is 1.55. The van der Waals surface area contributed by atoms with E-state index in [1.54, 1.807) is 19.4 Å². The summed E-state index contributed by atoms with van der Waals surface area (Å²) in [7, 11) is 3.22. The van der Waals surface area contributed by atoms with Crippen molar-refractivity contribution in [2.45, 2.75) is 0 Å². The zero-order valence-electron chi connectivity index (χ0n) is 14.2. The van der Waals surface area contributed by atoms with E-state index in [2.05, 4.69) is 20.4 Å². The number of rotatable bonds is 4. The van der Waals surface area contributed by atoms with E-state index in [1.165, 1.54) is 11.8 Å². The molecule has 0 saturated carbocycles. The first kappa shape index (κ1) is 15.8. The van der Waals surface area contributed by atoms with Crippen LogP contribution in [-0.4, -0.2) is 37.2 Å². The number of carbonyl (C=O) groups is 1. The van der Waals surface area contributed by atoms with Crippen molar-refractivity contribution in [3.8, 4) is 17.1 Å². The number of nitrogens with one attached hydrogen (secondary N) is 1. The third kappa shape index (κ3) is 2.88. The molecule has 0 saturated heterocycles. The number of methoxy groups -OCH3 is 1. The Bertz CT molecular complexity index is 1050. The molecule has 1 aromatic carbocycles. The molecule has 1 amide bonds. The molecule has 0 bridgehead atoms. The molecule has 0 aliphatic heterocycles. The van der Waals surface area contributed by atoms with Crippen molar-refractivity contribution in [2.75, 3.05) is 12.4 Å². The van der Waals surface area contributed by atoms with Gasteiger partial charge in [0, 0.05) is 43.1 Å². The van der Waals surface area contributed by atoms with Crippen LogP contribution in [0.3, 0.4) is 0 Å². The summed E-state index contributed by atoms with van der Waals surface area (Å²) >= 11 is 0. The zero-order valence-corrected chi connectivity index (χ0v) is 14.2. The van der Waals surface area contributed by atoms with E-state index in [0.717, 1.165) is 11.3 Å². The SMILES string of the molecule is COc1nn(C)cc1C(=O)Nc1ccc(-c2cn3cccnc3n2)cc1. The molecule has 0 unspecified atom stereocenters. The number of fused-ring (bicyclic) bond motifs is 1. The van der Waals surface area contributed by atoms with E-state index in [-0.39, 0.29) is 5.91 Å². The Morgan fingerprint density at radius 1 is 1.19 bits per heavy atom. The molecular weight excluding hydrogens is 332 g/mol. The number of aromatic nitrogens is 5. The predicted octanol–water partition coefficient (Wildman–Crippen LogP) is 2.39. The number of imidazole rings is 1. The first-order valence-electron chi connectivity index (χ1n) is 7.93. The lowest BCUT2D eigenvalue weighted by Gasteiger charge is -2.05. The van der Waals surface area contributed by atoms with Crippen LogP contribution in [0.1, 0.15) is 10.4 Å². The molecule has 0 aliphatic rings. The fraction of sp³-hybridized carbons (Fsp3) is 0.111. The number of nitrogens with zero attached hydrogens (tertiary/aromatic N) is 5. The van der Waals surface area contributed by atoms with E-state index in [4.69, 9.17) is 4.74 Å². The molecule has 8 nitrogen and oxygen atoms in total. The highest BCUT2D eigenvalue weighted by atomic mass is 16.5. The van der Waals surface area contributed by atoms with Gasteiger partial charge in [0.25, 0.3) is 5.91 Å². The van der Waals surface area contributed by atoms with Crippen LogP contribution in [0.25, 0.3) is 17.0 Å². The fourth-order valence-corrected chi connectivity index (χ4v) is 2.67. The minimum Gasteiger partial charge on any atom is -0.479 e. The van der Waals surface area contributed by atoms with Crippen LogP contribution >= 0.6 is 0 Å². The number of amides is 1. The second kappa shape index (κ2) is 6.32. The van der Waals surface area contributed by atoms with E-state index in [9.17, 15) is 4.79 Å². The molecule has 8 heteroatoms. The zero-order chi connectivity index (χ0) is 18.1. The Morgan fingerprint density at radius 3 is 2.73 bits per heavy atom. The standard InChI is InChI=1S/C18H16N6O2/c1-23-10-14(17(22-23)26-2)16(25)20-13-6-4-12(5-7-13)15-11-24-9-3-8-19-18(24)21-15/h3-11H,1-2H3,(H,20,25). The maximum absolute atomic E-state index is 12.4. The van der Waals surface area contributed by atoms with Crippen molar-refractivity contribution in [1.29, 1.82) is 0 Å². The van der Waals surface area contributed by atoms with Crippen molar-refractivity contribution >= 4 is 17.4 Å². The van der Waals surface area contributed by atoms with Gasteiger partial charge < -0.3 is 10.1 Å². The highest BCUT2D eigenvalue weighted by Crippen LogP contribution is 2.22.